The Hall–Kier alpha value is -1.92. The molecule has 2 atom stereocenters. The summed E-state index contributed by atoms with van der Waals surface area (Å²) in [6.07, 6.45) is -0.515. The van der Waals surface area contributed by atoms with Crippen LogP contribution in [-0.2, 0) is 0 Å². The molecule has 1 fully saturated rings. The fraction of sp³-hybridized carbons (Fsp3) is 0.429. The first-order chi connectivity index (χ1) is 9.58. The predicted molar refractivity (Wildman–Crippen MR) is 75.5 cm³/mol. The van der Waals surface area contributed by atoms with Crippen LogP contribution in [0.25, 0.3) is 10.9 Å². The van der Waals surface area contributed by atoms with Crippen LogP contribution in [0.3, 0.4) is 0 Å². The Morgan fingerprint density at radius 3 is 2.85 bits per heavy atom. The van der Waals surface area contributed by atoms with Gasteiger partial charge in [0, 0.05) is 18.5 Å². The summed E-state index contributed by atoms with van der Waals surface area (Å²) >= 11 is 0. The molecule has 2 N–H and O–H groups in total. The highest BCUT2D eigenvalue weighted by Gasteiger charge is 2.36. The van der Waals surface area contributed by atoms with Crippen molar-refractivity contribution in [3.05, 3.63) is 30.0 Å². The van der Waals surface area contributed by atoms with Gasteiger partial charge in [0.25, 0.3) is 5.91 Å². The molecule has 0 unspecified atom stereocenters. The Balaban J connectivity index is 1.87. The minimum atomic E-state index is -0.515. The maximum absolute atomic E-state index is 12.5. The number of likely N-dealkylation sites (N-methyl/N-ethyl adjacent to an activating group) is 1. The lowest BCUT2D eigenvalue weighted by Gasteiger charge is -2.21. The highest BCUT2D eigenvalue weighted by Crippen LogP contribution is 2.21. The minimum Gasteiger partial charge on any atom is -0.390 e. The third-order valence-electron chi connectivity index (χ3n) is 3.88. The molecule has 1 aromatic heterocycles. The number of fused-ring (bicyclic) bond motifs is 1. The van der Waals surface area contributed by atoms with Crippen molar-refractivity contribution in [2.45, 2.75) is 12.1 Å². The van der Waals surface area contributed by atoms with Crippen LogP contribution >= 0.6 is 0 Å². The lowest BCUT2D eigenvalue weighted by Crippen LogP contribution is -2.38. The van der Waals surface area contributed by atoms with Crippen molar-refractivity contribution in [3.63, 3.8) is 0 Å². The van der Waals surface area contributed by atoms with Crippen molar-refractivity contribution in [1.82, 2.24) is 20.0 Å². The van der Waals surface area contributed by atoms with Crippen LogP contribution in [0.15, 0.2) is 24.3 Å². The van der Waals surface area contributed by atoms with Gasteiger partial charge in [0.2, 0.25) is 0 Å². The van der Waals surface area contributed by atoms with E-state index in [1.54, 1.807) is 4.90 Å². The van der Waals surface area contributed by atoms with Crippen LogP contribution in [0.5, 0.6) is 0 Å². The number of β-amino-alcohol motifs (C(OH)–C–C–N with tert-alkyl or cyclic N) is 1. The molecule has 1 aliphatic heterocycles. The molecule has 1 amide bonds. The summed E-state index contributed by atoms with van der Waals surface area (Å²) in [7, 11) is 3.82. The molecule has 20 heavy (non-hydrogen) atoms. The second kappa shape index (κ2) is 4.88. The SMILES string of the molecule is CN(C)[C@@H]1CN(C(=O)c2n[nH]c3ccccc23)C[C@H]1O. The number of aliphatic hydroxyl groups excluding tert-OH is 1. The van der Waals surface area contributed by atoms with E-state index in [0.29, 0.717) is 18.8 Å². The lowest BCUT2D eigenvalue weighted by atomic mass is 10.2. The first-order valence-corrected chi connectivity index (χ1v) is 6.65. The molecule has 2 heterocycles. The molecule has 3 rings (SSSR count). The molecule has 0 radical (unpaired) electrons. The van der Waals surface area contributed by atoms with E-state index in [0.717, 1.165) is 10.9 Å². The number of carbonyl (C=O) groups excluding carboxylic acids is 1. The van der Waals surface area contributed by atoms with E-state index < -0.39 is 6.10 Å². The molecule has 0 aliphatic carbocycles. The van der Waals surface area contributed by atoms with Gasteiger partial charge in [-0.3, -0.25) is 9.89 Å². The number of para-hydroxylation sites is 1. The zero-order valence-electron chi connectivity index (χ0n) is 11.6. The lowest BCUT2D eigenvalue weighted by molar-refractivity contribution is 0.0760. The van der Waals surface area contributed by atoms with Crippen LogP contribution in [0, 0.1) is 0 Å². The number of aliphatic hydroxyl groups is 1. The van der Waals surface area contributed by atoms with E-state index in [1.165, 1.54) is 0 Å². The topological polar surface area (TPSA) is 72.5 Å². The van der Waals surface area contributed by atoms with Gasteiger partial charge in [-0.05, 0) is 20.2 Å². The second-order valence-corrected chi connectivity index (χ2v) is 5.43. The zero-order valence-corrected chi connectivity index (χ0v) is 11.6. The van der Waals surface area contributed by atoms with E-state index in [4.69, 9.17) is 0 Å². The summed E-state index contributed by atoms with van der Waals surface area (Å²) in [5.41, 5.74) is 1.27. The smallest absolute Gasteiger partial charge is 0.275 e. The maximum atomic E-state index is 12.5. The summed E-state index contributed by atoms with van der Waals surface area (Å²) in [6.45, 7) is 0.872. The van der Waals surface area contributed by atoms with Crippen molar-refractivity contribution in [1.29, 1.82) is 0 Å². The van der Waals surface area contributed by atoms with Gasteiger partial charge in [-0.25, -0.2) is 0 Å². The number of rotatable bonds is 2. The molecule has 1 aromatic carbocycles. The number of hydrogen-bond donors (Lipinski definition) is 2. The molecule has 0 bridgehead atoms. The Bertz CT molecular complexity index is 637. The Kier molecular flexibility index (Phi) is 3.19. The first-order valence-electron chi connectivity index (χ1n) is 6.65. The van der Waals surface area contributed by atoms with Gasteiger partial charge in [-0.15, -0.1) is 0 Å². The average molecular weight is 274 g/mol. The number of benzene rings is 1. The zero-order chi connectivity index (χ0) is 14.3. The Morgan fingerprint density at radius 1 is 1.40 bits per heavy atom. The van der Waals surface area contributed by atoms with E-state index in [1.807, 2.05) is 43.3 Å². The number of likely N-dealkylation sites (tertiary alicyclic amines) is 1. The summed E-state index contributed by atoms with van der Waals surface area (Å²) in [5.74, 6) is -0.133. The molecule has 106 valence electrons. The fourth-order valence-corrected chi connectivity index (χ4v) is 2.72. The van der Waals surface area contributed by atoms with Crippen molar-refractivity contribution in [3.8, 4) is 0 Å². The van der Waals surface area contributed by atoms with Gasteiger partial charge in [0.15, 0.2) is 5.69 Å². The van der Waals surface area contributed by atoms with E-state index in [-0.39, 0.29) is 11.9 Å². The van der Waals surface area contributed by atoms with Crippen molar-refractivity contribution >= 4 is 16.8 Å². The Labute approximate surface area is 117 Å². The van der Waals surface area contributed by atoms with Gasteiger partial charge in [0.1, 0.15) is 0 Å². The van der Waals surface area contributed by atoms with Crippen molar-refractivity contribution < 1.29 is 9.90 Å². The normalized spacial score (nSPS) is 22.9. The van der Waals surface area contributed by atoms with Crippen LogP contribution in [0.1, 0.15) is 10.5 Å². The van der Waals surface area contributed by atoms with Crippen LogP contribution in [0.4, 0.5) is 0 Å². The number of carbonyl (C=O) groups is 1. The first kappa shape index (κ1) is 13.1. The molecule has 0 spiro atoms. The number of H-pyrrole nitrogens is 1. The van der Waals surface area contributed by atoms with E-state index in [2.05, 4.69) is 10.2 Å². The highest BCUT2D eigenvalue weighted by atomic mass is 16.3. The van der Waals surface area contributed by atoms with Gasteiger partial charge in [-0.1, -0.05) is 18.2 Å². The molecule has 6 nitrogen and oxygen atoms in total. The molecule has 6 heteroatoms. The van der Waals surface area contributed by atoms with Crippen LogP contribution < -0.4 is 0 Å². The number of hydrogen-bond acceptors (Lipinski definition) is 4. The average Bonchev–Trinajstić information content (AvgIpc) is 3.01. The maximum Gasteiger partial charge on any atom is 0.275 e. The number of nitrogens with one attached hydrogen (secondary N) is 1. The van der Waals surface area contributed by atoms with E-state index >= 15 is 0 Å². The largest absolute Gasteiger partial charge is 0.390 e. The van der Waals surface area contributed by atoms with Crippen LogP contribution in [0.2, 0.25) is 0 Å². The summed E-state index contributed by atoms with van der Waals surface area (Å²) in [4.78, 5) is 16.2. The van der Waals surface area contributed by atoms with Gasteiger partial charge < -0.3 is 14.9 Å². The summed E-state index contributed by atoms with van der Waals surface area (Å²) in [5, 5.41) is 17.8. The third kappa shape index (κ3) is 2.07. The fourth-order valence-electron chi connectivity index (χ4n) is 2.72. The van der Waals surface area contributed by atoms with Crippen LogP contribution in [-0.4, -0.2) is 70.3 Å². The van der Waals surface area contributed by atoms with Crippen molar-refractivity contribution in [2.75, 3.05) is 27.2 Å². The monoisotopic (exact) mass is 274 g/mol. The molecule has 1 aliphatic rings. The number of amides is 1. The molecule has 0 saturated carbocycles. The standard InChI is InChI=1S/C14H18N4O2/c1-17(2)11-7-18(8-12(11)19)14(20)13-9-5-3-4-6-10(9)15-16-13/h3-6,11-12,19H,7-8H2,1-2H3,(H,15,16)/t11-,12-/m1/s1. The van der Waals surface area contributed by atoms with Gasteiger partial charge >= 0.3 is 0 Å². The summed E-state index contributed by atoms with van der Waals surface area (Å²) in [6, 6.07) is 7.53. The molecular formula is C14H18N4O2. The Morgan fingerprint density at radius 2 is 2.15 bits per heavy atom. The minimum absolute atomic E-state index is 0.0239. The van der Waals surface area contributed by atoms with E-state index in [9.17, 15) is 9.90 Å². The second-order valence-electron chi connectivity index (χ2n) is 5.43. The summed E-state index contributed by atoms with van der Waals surface area (Å²) < 4.78 is 0. The molecule has 2 aromatic rings. The number of aromatic amines is 1. The number of aromatic nitrogens is 2. The molecule has 1 saturated heterocycles. The van der Waals surface area contributed by atoms with Crippen molar-refractivity contribution in [2.24, 2.45) is 0 Å². The quantitative estimate of drug-likeness (QED) is 0.826. The third-order valence-corrected chi connectivity index (χ3v) is 3.88. The van der Waals surface area contributed by atoms with Gasteiger partial charge in [0.05, 0.1) is 17.7 Å². The molecular weight excluding hydrogens is 256 g/mol. The predicted octanol–water partition coefficient (Wildman–Crippen LogP) is 0.310. The van der Waals surface area contributed by atoms with Gasteiger partial charge in [-0.2, -0.15) is 5.10 Å². The number of nitrogens with zero attached hydrogens (tertiary/aromatic N) is 3. The highest BCUT2D eigenvalue weighted by molar-refractivity contribution is 6.04.